The summed E-state index contributed by atoms with van der Waals surface area (Å²) in [5.41, 5.74) is 1.73. The highest BCUT2D eigenvalue weighted by Crippen LogP contribution is 2.36. The molecule has 4 rings (SSSR count). The average molecular weight is 472 g/mol. The van der Waals surface area contributed by atoms with Crippen LogP contribution in [0.25, 0.3) is 0 Å². The van der Waals surface area contributed by atoms with E-state index in [-0.39, 0.29) is 19.1 Å². The number of aliphatic carboxylic acids is 1. The molecule has 0 bridgehead atoms. The molecule has 2 aliphatic heterocycles. The number of carboxylic acids is 1. The van der Waals surface area contributed by atoms with Gasteiger partial charge in [-0.25, -0.2) is 4.79 Å². The van der Waals surface area contributed by atoms with Crippen LogP contribution in [0.15, 0.2) is 60.7 Å². The summed E-state index contributed by atoms with van der Waals surface area (Å²) in [4.78, 5) is 23.7. The van der Waals surface area contributed by atoms with Crippen LogP contribution in [0.5, 0.6) is 0 Å². The number of carbonyl (C=O) groups is 2. The van der Waals surface area contributed by atoms with Crippen LogP contribution >= 0.6 is 0 Å². The predicted octanol–water partition coefficient (Wildman–Crippen LogP) is 2.41. The molecule has 0 aliphatic carbocycles. The number of rotatable bonds is 8. The second-order valence-corrected chi connectivity index (χ2v) is 8.32. The van der Waals surface area contributed by atoms with E-state index in [2.05, 4.69) is 5.32 Å². The van der Waals surface area contributed by atoms with Gasteiger partial charge in [0.15, 0.2) is 18.7 Å². The largest absolute Gasteiger partial charge is 0.479 e. The minimum absolute atomic E-state index is 0.184. The molecule has 2 fully saturated rings. The first kappa shape index (κ1) is 24.3. The van der Waals surface area contributed by atoms with Crippen LogP contribution in [0.1, 0.15) is 31.3 Å². The van der Waals surface area contributed by atoms with Gasteiger partial charge in [0.05, 0.1) is 13.2 Å². The predicted molar refractivity (Wildman–Crippen MR) is 119 cm³/mol. The SMILES string of the molecule is CC(=O)N[C@H]1[C@H](OCc2ccccc2)O[C@@H]2COC(c3ccccc3)O[C@@H]2[C@@H]1OC(C)C(=O)O. The van der Waals surface area contributed by atoms with Crippen molar-refractivity contribution in [2.24, 2.45) is 0 Å². The number of fused-ring (bicyclic) bond motifs is 1. The van der Waals surface area contributed by atoms with Crippen molar-refractivity contribution in [2.75, 3.05) is 6.61 Å². The smallest absolute Gasteiger partial charge is 0.332 e. The summed E-state index contributed by atoms with van der Waals surface area (Å²) in [5.74, 6) is -1.46. The number of amides is 1. The zero-order valence-corrected chi connectivity index (χ0v) is 19.0. The highest BCUT2D eigenvalue weighted by Gasteiger charge is 2.52. The molecule has 2 aliphatic rings. The van der Waals surface area contributed by atoms with Gasteiger partial charge in [-0.15, -0.1) is 0 Å². The lowest BCUT2D eigenvalue weighted by Gasteiger charge is -2.49. The van der Waals surface area contributed by atoms with E-state index in [1.165, 1.54) is 13.8 Å². The van der Waals surface area contributed by atoms with Gasteiger partial charge in [0, 0.05) is 12.5 Å². The van der Waals surface area contributed by atoms with Gasteiger partial charge in [0.25, 0.3) is 0 Å². The maximum absolute atomic E-state index is 12.1. The molecule has 0 radical (unpaired) electrons. The molecule has 2 aromatic rings. The highest BCUT2D eigenvalue weighted by atomic mass is 16.8. The molecule has 1 amide bonds. The number of ether oxygens (including phenoxy) is 5. The number of benzene rings is 2. The molecule has 2 unspecified atom stereocenters. The Bertz CT molecular complexity index is 956. The van der Waals surface area contributed by atoms with Crippen LogP contribution in [0, 0.1) is 0 Å². The van der Waals surface area contributed by atoms with Gasteiger partial charge in [-0.3, -0.25) is 4.79 Å². The maximum Gasteiger partial charge on any atom is 0.332 e. The van der Waals surface area contributed by atoms with Crippen molar-refractivity contribution in [2.45, 2.75) is 63.5 Å². The fourth-order valence-electron chi connectivity index (χ4n) is 4.09. The molecule has 7 atom stereocenters. The summed E-state index contributed by atoms with van der Waals surface area (Å²) in [7, 11) is 0. The Morgan fingerprint density at radius 1 is 1.09 bits per heavy atom. The van der Waals surface area contributed by atoms with E-state index in [0.717, 1.165) is 11.1 Å². The van der Waals surface area contributed by atoms with Crippen LogP contribution in [0.3, 0.4) is 0 Å². The molecule has 2 aromatic carbocycles. The van der Waals surface area contributed by atoms with Gasteiger partial charge in [-0.2, -0.15) is 0 Å². The molecule has 0 aromatic heterocycles. The number of carbonyl (C=O) groups excluding carboxylic acids is 1. The Morgan fingerprint density at radius 3 is 2.41 bits per heavy atom. The molecule has 2 heterocycles. The maximum atomic E-state index is 12.1. The average Bonchev–Trinajstić information content (AvgIpc) is 2.84. The lowest BCUT2D eigenvalue weighted by atomic mass is 9.95. The van der Waals surface area contributed by atoms with Gasteiger partial charge >= 0.3 is 5.97 Å². The highest BCUT2D eigenvalue weighted by molar-refractivity contribution is 5.73. The Morgan fingerprint density at radius 2 is 1.76 bits per heavy atom. The molecule has 9 nitrogen and oxygen atoms in total. The fraction of sp³-hybridized carbons (Fsp3) is 0.440. The van der Waals surface area contributed by atoms with Crippen molar-refractivity contribution in [3.63, 3.8) is 0 Å². The minimum atomic E-state index is -1.14. The van der Waals surface area contributed by atoms with Gasteiger partial charge < -0.3 is 34.1 Å². The standard InChI is InChI=1S/C25H29NO8/c1-15(23(28)29)32-22-20(26-16(2)27)25(30-13-17-9-5-3-6-10-17)33-19-14-31-24(34-21(19)22)18-11-7-4-8-12-18/h3-12,15,19-22,24-25H,13-14H2,1-2H3,(H,26,27)(H,28,29)/t15?,19-,20-,21+,22-,24?,25-/m1/s1. The summed E-state index contributed by atoms with van der Waals surface area (Å²) in [6, 6.07) is 18.1. The monoisotopic (exact) mass is 471 g/mol. The molecule has 182 valence electrons. The van der Waals surface area contributed by atoms with E-state index < -0.39 is 49.0 Å². The lowest BCUT2D eigenvalue weighted by Crippen LogP contribution is -2.67. The van der Waals surface area contributed by atoms with Crippen molar-refractivity contribution < 1.29 is 38.4 Å². The first-order chi connectivity index (χ1) is 16.4. The van der Waals surface area contributed by atoms with Crippen molar-refractivity contribution in [1.29, 1.82) is 0 Å². The summed E-state index contributed by atoms with van der Waals surface area (Å²) < 4.78 is 30.3. The third kappa shape index (κ3) is 5.81. The molecular formula is C25H29NO8. The lowest BCUT2D eigenvalue weighted by molar-refractivity contribution is -0.351. The number of carboxylic acid groups (broad SMARTS) is 1. The first-order valence-corrected chi connectivity index (χ1v) is 11.2. The third-order valence-corrected chi connectivity index (χ3v) is 5.75. The Hall–Kier alpha value is -2.82. The van der Waals surface area contributed by atoms with Crippen LogP contribution < -0.4 is 5.32 Å². The van der Waals surface area contributed by atoms with Gasteiger partial charge in [0.1, 0.15) is 24.4 Å². The molecule has 2 saturated heterocycles. The zero-order chi connectivity index (χ0) is 24.1. The molecule has 0 saturated carbocycles. The normalized spacial score (nSPS) is 29.6. The number of hydrogen-bond acceptors (Lipinski definition) is 7. The Labute approximate surface area is 197 Å². The van der Waals surface area contributed by atoms with Crippen molar-refractivity contribution in [3.8, 4) is 0 Å². The zero-order valence-electron chi connectivity index (χ0n) is 19.0. The van der Waals surface area contributed by atoms with E-state index in [4.69, 9.17) is 23.7 Å². The quantitative estimate of drug-likeness (QED) is 0.604. The molecule has 0 spiro atoms. The van der Waals surface area contributed by atoms with Crippen LogP contribution in [-0.2, 0) is 39.9 Å². The minimum Gasteiger partial charge on any atom is -0.479 e. The first-order valence-electron chi connectivity index (χ1n) is 11.2. The number of nitrogens with one attached hydrogen (secondary N) is 1. The molecule has 2 N–H and O–H groups in total. The fourth-order valence-corrected chi connectivity index (χ4v) is 4.09. The van der Waals surface area contributed by atoms with Crippen LogP contribution in [-0.4, -0.2) is 60.3 Å². The molecule has 9 heteroatoms. The van der Waals surface area contributed by atoms with Crippen LogP contribution in [0.2, 0.25) is 0 Å². The summed E-state index contributed by atoms with van der Waals surface area (Å²) in [6.07, 6.45) is -4.87. The number of hydrogen-bond donors (Lipinski definition) is 2. The Kier molecular flexibility index (Phi) is 7.91. The molecule has 34 heavy (non-hydrogen) atoms. The van der Waals surface area contributed by atoms with E-state index in [1.54, 1.807) is 0 Å². The van der Waals surface area contributed by atoms with Crippen molar-refractivity contribution in [3.05, 3.63) is 71.8 Å². The van der Waals surface area contributed by atoms with Gasteiger partial charge in [-0.05, 0) is 12.5 Å². The molecular weight excluding hydrogens is 442 g/mol. The topological polar surface area (TPSA) is 113 Å². The summed E-state index contributed by atoms with van der Waals surface area (Å²) in [6.45, 7) is 3.22. The van der Waals surface area contributed by atoms with E-state index in [9.17, 15) is 14.7 Å². The van der Waals surface area contributed by atoms with E-state index >= 15 is 0 Å². The summed E-state index contributed by atoms with van der Waals surface area (Å²) >= 11 is 0. The van der Waals surface area contributed by atoms with Gasteiger partial charge in [0.2, 0.25) is 5.91 Å². The summed E-state index contributed by atoms with van der Waals surface area (Å²) in [5, 5.41) is 12.3. The second kappa shape index (κ2) is 11.1. The second-order valence-electron chi connectivity index (χ2n) is 8.32. The van der Waals surface area contributed by atoms with Gasteiger partial charge in [-0.1, -0.05) is 60.7 Å². The Balaban J connectivity index is 1.59. The van der Waals surface area contributed by atoms with Crippen LogP contribution in [0.4, 0.5) is 0 Å². The van der Waals surface area contributed by atoms with E-state index in [1.807, 2.05) is 60.7 Å². The van der Waals surface area contributed by atoms with E-state index in [0.29, 0.717) is 0 Å². The van der Waals surface area contributed by atoms with Crippen molar-refractivity contribution >= 4 is 11.9 Å². The third-order valence-electron chi connectivity index (χ3n) is 5.75. The van der Waals surface area contributed by atoms with Crippen molar-refractivity contribution in [1.82, 2.24) is 5.32 Å².